The van der Waals surface area contributed by atoms with Gasteiger partial charge in [0.15, 0.2) is 0 Å². The molecule has 3 N–H and O–H groups in total. The maximum Gasteiger partial charge on any atom is 0.315 e. The highest BCUT2D eigenvalue weighted by molar-refractivity contribution is 7.09. The van der Waals surface area contributed by atoms with E-state index < -0.39 is 11.5 Å². The van der Waals surface area contributed by atoms with Crippen LogP contribution in [0.25, 0.3) is 0 Å². The van der Waals surface area contributed by atoms with Crippen molar-refractivity contribution in [1.82, 2.24) is 15.6 Å². The third-order valence-electron chi connectivity index (χ3n) is 3.85. The molecule has 1 unspecified atom stereocenters. The second-order valence-corrected chi connectivity index (χ2v) is 6.53. The van der Waals surface area contributed by atoms with Crippen LogP contribution in [0.1, 0.15) is 56.5 Å². The van der Waals surface area contributed by atoms with Gasteiger partial charge in [0.05, 0.1) is 18.0 Å². The third kappa shape index (κ3) is 4.42. The number of carbonyl (C=O) groups is 2. The van der Waals surface area contributed by atoms with E-state index in [0.29, 0.717) is 0 Å². The monoisotopic (exact) mass is 311 g/mol. The number of amides is 2. The molecular weight excluding hydrogens is 290 g/mol. The number of aliphatic carboxylic acids is 1. The molecule has 1 aromatic rings. The molecule has 7 heteroatoms. The molecule has 0 aliphatic heterocycles. The largest absolute Gasteiger partial charge is 0.481 e. The van der Waals surface area contributed by atoms with Gasteiger partial charge in [-0.3, -0.25) is 4.79 Å². The van der Waals surface area contributed by atoms with Crippen LogP contribution >= 0.6 is 11.3 Å². The molecule has 0 radical (unpaired) electrons. The summed E-state index contributed by atoms with van der Waals surface area (Å²) in [6, 6.07) is -0.503. The minimum atomic E-state index is -0.870. The Morgan fingerprint density at radius 2 is 2.14 bits per heavy atom. The van der Waals surface area contributed by atoms with Crippen LogP contribution in [0.5, 0.6) is 0 Å². The molecule has 1 aromatic heterocycles. The van der Waals surface area contributed by atoms with Gasteiger partial charge in [0, 0.05) is 11.6 Å². The Labute approximate surface area is 128 Å². The first-order valence-corrected chi connectivity index (χ1v) is 8.09. The first-order chi connectivity index (χ1) is 10.0. The van der Waals surface area contributed by atoms with Gasteiger partial charge in [0.1, 0.15) is 5.01 Å². The number of rotatable bonds is 5. The zero-order valence-electron chi connectivity index (χ0n) is 12.1. The zero-order valence-corrected chi connectivity index (χ0v) is 12.9. The number of nitrogens with zero attached hydrogens (tertiary/aromatic N) is 1. The fraction of sp³-hybridized carbons (Fsp3) is 0.643. The van der Waals surface area contributed by atoms with Crippen molar-refractivity contribution in [3.63, 3.8) is 0 Å². The quantitative estimate of drug-likeness (QED) is 0.779. The van der Waals surface area contributed by atoms with Gasteiger partial charge in [-0.2, -0.15) is 0 Å². The van der Waals surface area contributed by atoms with Crippen molar-refractivity contribution in [2.75, 3.05) is 0 Å². The van der Waals surface area contributed by atoms with Gasteiger partial charge in [0.25, 0.3) is 0 Å². The maximum atomic E-state index is 12.2. The summed E-state index contributed by atoms with van der Waals surface area (Å²) >= 11 is 1.48. The third-order valence-corrected chi connectivity index (χ3v) is 4.81. The SMILES string of the molecule is CC(NC(=O)NC1(CC(=O)O)CCCCC1)c1nccs1. The van der Waals surface area contributed by atoms with Crippen molar-refractivity contribution in [2.24, 2.45) is 0 Å². The summed E-state index contributed by atoms with van der Waals surface area (Å²) in [6.07, 6.45) is 6.12. The molecule has 1 aliphatic rings. The Morgan fingerprint density at radius 3 is 2.71 bits per heavy atom. The zero-order chi connectivity index (χ0) is 15.3. The fourth-order valence-corrected chi connectivity index (χ4v) is 3.49. The highest BCUT2D eigenvalue weighted by atomic mass is 32.1. The summed E-state index contributed by atoms with van der Waals surface area (Å²) < 4.78 is 0. The molecule has 1 aliphatic carbocycles. The van der Waals surface area contributed by atoms with Crippen molar-refractivity contribution in [1.29, 1.82) is 0 Å². The van der Waals surface area contributed by atoms with E-state index in [4.69, 9.17) is 5.11 Å². The summed E-state index contributed by atoms with van der Waals surface area (Å²) in [4.78, 5) is 27.4. The molecule has 1 saturated carbocycles. The van der Waals surface area contributed by atoms with Crippen molar-refractivity contribution in [3.8, 4) is 0 Å². The van der Waals surface area contributed by atoms with Crippen LogP contribution in [0.4, 0.5) is 4.79 Å². The molecule has 116 valence electrons. The highest BCUT2D eigenvalue weighted by Gasteiger charge is 2.36. The van der Waals surface area contributed by atoms with Crippen LogP contribution in [-0.2, 0) is 4.79 Å². The van der Waals surface area contributed by atoms with E-state index in [1.54, 1.807) is 6.20 Å². The Balaban J connectivity index is 1.96. The number of hydrogen-bond acceptors (Lipinski definition) is 4. The molecule has 0 saturated heterocycles. The van der Waals surface area contributed by atoms with Gasteiger partial charge in [-0.25, -0.2) is 9.78 Å². The average molecular weight is 311 g/mol. The van der Waals surface area contributed by atoms with Gasteiger partial charge < -0.3 is 15.7 Å². The van der Waals surface area contributed by atoms with Gasteiger partial charge in [0.2, 0.25) is 0 Å². The summed E-state index contributed by atoms with van der Waals surface area (Å²) in [7, 11) is 0. The van der Waals surface area contributed by atoms with Crippen molar-refractivity contribution >= 4 is 23.3 Å². The fourth-order valence-electron chi connectivity index (χ4n) is 2.85. The van der Waals surface area contributed by atoms with E-state index in [1.807, 2.05) is 12.3 Å². The lowest BCUT2D eigenvalue weighted by Crippen LogP contribution is -2.54. The van der Waals surface area contributed by atoms with Gasteiger partial charge in [-0.05, 0) is 19.8 Å². The summed E-state index contributed by atoms with van der Waals surface area (Å²) in [6.45, 7) is 1.86. The number of thiazole rings is 1. The van der Waals surface area contributed by atoms with Gasteiger partial charge in [-0.1, -0.05) is 19.3 Å². The van der Waals surface area contributed by atoms with E-state index >= 15 is 0 Å². The van der Waals surface area contributed by atoms with E-state index in [0.717, 1.165) is 37.1 Å². The standard InChI is InChI=1S/C14H21N3O3S/c1-10(12-15-7-8-21-12)16-13(20)17-14(9-11(18)19)5-3-2-4-6-14/h7-8,10H,2-6,9H2,1H3,(H,18,19)(H2,16,17,20). The average Bonchev–Trinajstić information content (AvgIpc) is 2.92. The molecule has 21 heavy (non-hydrogen) atoms. The molecular formula is C14H21N3O3S. The van der Waals surface area contributed by atoms with Crippen LogP contribution in [-0.4, -0.2) is 27.6 Å². The number of carboxylic acid groups (broad SMARTS) is 1. The summed E-state index contributed by atoms with van der Waals surface area (Å²) in [5.74, 6) is -0.870. The minimum absolute atomic E-state index is 0.0218. The van der Waals surface area contributed by atoms with Crippen molar-refractivity contribution < 1.29 is 14.7 Å². The molecule has 0 spiro atoms. The second kappa shape index (κ2) is 6.89. The van der Waals surface area contributed by atoms with E-state index in [1.165, 1.54) is 11.3 Å². The van der Waals surface area contributed by atoms with Crippen LogP contribution in [0.3, 0.4) is 0 Å². The smallest absolute Gasteiger partial charge is 0.315 e. The Morgan fingerprint density at radius 1 is 1.43 bits per heavy atom. The molecule has 0 bridgehead atoms. The molecule has 6 nitrogen and oxygen atoms in total. The Bertz CT molecular complexity index is 484. The molecule has 2 rings (SSSR count). The number of urea groups is 1. The van der Waals surface area contributed by atoms with E-state index in [2.05, 4.69) is 15.6 Å². The summed E-state index contributed by atoms with van der Waals surface area (Å²) in [5, 5.41) is 17.5. The lowest BCUT2D eigenvalue weighted by Gasteiger charge is -2.37. The predicted octanol–water partition coefficient (Wildman–Crippen LogP) is 2.68. The number of hydrogen-bond donors (Lipinski definition) is 3. The van der Waals surface area contributed by atoms with Gasteiger partial charge in [-0.15, -0.1) is 11.3 Å². The highest BCUT2D eigenvalue weighted by Crippen LogP contribution is 2.31. The number of aromatic nitrogens is 1. The Kier molecular flexibility index (Phi) is 5.17. The topological polar surface area (TPSA) is 91.3 Å². The molecule has 1 heterocycles. The van der Waals surface area contributed by atoms with Crippen LogP contribution < -0.4 is 10.6 Å². The predicted molar refractivity (Wildman–Crippen MR) is 80.3 cm³/mol. The van der Waals surface area contributed by atoms with Crippen molar-refractivity contribution in [2.45, 2.75) is 57.0 Å². The van der Waals surface area contributed by atoms with E-state index in [-0.39, 0.29) is 18.5 Å². The van der Waals surface area contributed by atoms with E-state index in [9.17, 15) is 9.59 Å². The van der Waals surface area contributed by atoms with Crippen LogP contribution in [0.2, 0.25) is 0 Å². The van der Waals surface area contributed by atoms with Crippen molar-refractivity contribution in [3.05, 3.63) is 16.6 Å². The maximum absolute atomic E-state index is 12.2. The number of nitrogens with one attached hydrogen (secondary N) is 2. The Hall–Kier alpha value is -1.63. The first-order valence-electron chi connectivity index (χ1n) is 7.21. The molecule has 2 amide bonds. The molecule has 1 atom stereocenters. The molecule has 1 fully saturated rings. The van der Waals surface area contributed by atoms with Crippen LogP contribution in [0.15, 0.2) is 11.6 Å². The lowest BCUT2D eigenvalue weighted by molar-refractivity contribution is -0.139. The first kappa shape index (κ1) is 15.8. The number of carbonyl (C=O) groups excluding carboxylic acids is 1. The van der Waals surface area contributed by atoms with Gasteiger partial charge >= 0.3 is 12.0 Å². The summed E-state index contributed by atoms with van der Waals surface area (Å²) in [5.41, 5.74) is -0.614. The minimum Gasteiger partial charge on any atom is -0.481 e. The lowest BCUT2D eigenvalue weighted by atomic mass is 9.79. The second-order valence-electron chi connectivity index (χ2n) is 5.60. The number of carboxylic acids is 1. The molecule has 0 aromatic carbocycles. The van der Waals surface area contributed by atoms with Crippen LogP contribution in [0, 0.1) is 0 Å². The normalized spacial score (nSPS) is 18.7.